The number of amides is 1. The van der Waals surface area contributed by atoms with Gasteiger partial charge in [0.2, 0.25) is 16.9 Å². The molecule has 0 radical (unpaired) electrons. The maximum atomic E-state index is 12.9. The Balaban J connectivity index is 1.52. The van der Waals surface area contributed by atoms with Crippen molar-refractivity contribution >= 4 is 17.7 Å². The van der Waals surface area contributed by atoms with Gasteiger partial charge >= 0.3 is 0 Å². The summed E-state index contributed by atoms with van der Waals surface area (Å²) < 4.78 is 19.4. The van der Waals surface area contributed by atoms with E-state index in [9.17, 15) is 9.18 Å². The molecule has 0 saturated carbocycles. The summed E-state index contributed by atoms with van der Waals surface area (Å²) in [6, 6.07) is 9.67. The van der Waals surface area contributed by atoms with E-state index >= 15 is 0 Å². The Morgan fingerprint density at radius 1 is 1.35 bits per heavy atom. The number of thioether (sulfide) groups is 1. The maximum Gasteiger partial charge on any atom is 0.233 e. The topological polar surface area (TPSA) is 99.0 Å². The second-order valence-electron chi connectivity index (χ2n) is 5.58. The summed E-state index contributed by atoms with van der Waals surface area (Å²) in [5, 5.41) is 10.9. The Morgan fingerprint density at radius 2 is 2.12 bits per heavy atom. The number of aromatic nitrogens is 3. The van der Waals surface area contributed by atoms with E-state index in [1.165, 1.54) is 34.8 Å². The quantitative estimate of drug-likeness (QED) is 0.485. The van der Waals surface area contributed by atoms with Gasteiger partial charge in [-0.25, -0.2) is 9.07 Å². The third-order valence-corrected chi connectivity index (χ3v) is 4.74. The van der Waals surface area contributed by atoms with Gasteiger partial charge in [-0.3, -0.25) is 4.79 Å². The zero-order valence-corrected chi connectivity index (χ0v) is 14.9. The number of carbonyl (C=O) groups excluding carboxylic acids is 1. The molecule has 0 spiro atoms. The fraction of sp³-hybridized carbons (Fsp3) is 0.235. The van der Waals surface area contributed by atoms with Crippen LogP contribution in [-0.4, -0.2) is 32.6 Å². The number of hydrogen-bond acceptors (Lipinski definition) is 6. The van der Waals surface area contributed by atoms with Gasteiger partial charge in [0.1, 0.15) is 5.82 Å². The van der Waals surface area contributed by atoms with E-state index in [2.05, 4.69) is 15.5 Å². The van der Waals surface area contributed by atoms with Gasteiger partial charge in [-0.1, -0.05) is 23.9 Å². The number of carbonyl (C=O) groups is 1. The number of nitrogens with zero attached hydrogens (tertiary/aromatic N) is 3. The molecule has 1 aromatic carbocycles. The zero-order valence-electron chi connectivity index (χ0n) is 14.1. The number of hydrogen-bond donors (Lipinski definition) is 2. The van der Waals surface area contributed by atoms with E-state index < -0.39 is 5.25 Å². The van der Waals surface area contributed by atoms with Gasteiger partial charge in [0.05, 0.1) is 11.5 Å². The first-order valence-electron chi connectivity index (χ1n) is 7.98. The molecule has 0 fully saturated rings. The van der Waals surface area contributed by atoms with Gasteiger partial charge in [-0.15, -0.1) is 10.2 Å². The molecule has 2 heterocycles. The van der Waals surface area contributed by atoms with Crippen LogP contribution in [0.15, 0.2) is 52.2 Å². The van der Waals surface area contributed by atoms with Crippen LogP contribution < -0.4 is 11.2 Å². The van der Waals surface area contributed by atoms with Crippen molar-refractivity contribution in [3.8, 4) is 11.6 Å². The van der Waals surface area contributed by atoms with Crippen LogP contribution in [0.5, 0.6) is 0 Å². The van der Waals surface area contributed by atoms with Crippen molar-refractivity contribution in [2.24, 2.45) is 0 Å². The van der Waals surface area contributed by atoms with Crippen LogP contribution in [0, 0.1) is 5.82 Å². The molecule has 0 saturated heterocycles. The molecule has 0 aliphatic carbocycles. The highest BCUT2D eigenvalue weighted by molar-refractivity contribution is 8.00. The molecular weight excluding hydrogens is 357 g/mol. The summed E-state index contributed by atoms with van der Waals surface area (Å²) in [5.41, 5.74) is 0.955. The number of halogens is 1. The van der Waals surface area contributed by atoms with Crippen LogP contribution in [-0.2, 0) is 11.2 Å². The van der Waals surface area contributed by atoms with E-state index in [0.29, 0.717) is 29.7 Å². The summed E-state index contributed by atoms with van der Waals surface area (Å²) in [7, 11) is 0. The van der Waals surface area contributed by atoms with E-state index in [0.717, 1.165) is 5.56 Å². The van der Waals surface area contributed by atoms with Crippen molar-refractivity contribution in [2.75, 3.05) is 12.4 Å². The molecule has 136 valence electrons. The Bertz CT molecular complexity index is 864. The largest absolute Gasteiger partial charge is 0.461 e. The van der Waals surface area contributed by atoms with Gasteiger partial charge in [-0.2, -0.15) is 0 Å². The Labute approximate surface area is 153 Å². The lowest BCUT2D eigenvalue weighted by Gasteiger charge is -2.11. The Hall–Kier alpha value is -2.81. The summed E-state index contributed by atoms with van der Waals surface area (Å²) in [6.45, 7) is 2.22. The lowest BCUT2D eigenvalue weighted by molar-refractivity contribution is -0.120. The Kier molecular flexibility index (Phi) is 5.57. The normalized spacial score (nSPS) is 12.1. The number of nitrogen functional groups attached to an aromatic ring is 1. The molecular formula is C17H18FN5O2S. The van der Waals surface area contributed by atoms with Crippen LogP contribution in [0.3, 0.4) is 0 Å². The monoisotopic (exact) mass is 375 g/mol. The molecule has 9 heteroatoms. The average molecular weight is 375 g/mol. The molecule has 3 rings (SSSR count). The van der Waals surface area contributed by atoms with Crippen molar-refractivity contribution in [2.45, 2.75) is 23.8 Å². The standard InChI is InChI=1S/C17H18FN5O2S/c1-11(16(24)20-9-8-12-4-6-13(18)7-5-12)26-17-22-21-15(23(17)19)14-3-2-10-25-14/h2-7,10-11H,8-9,19H2,1H3,(H,20,24)/t11-/m0/s1. The summed E-state index contributed by atoms with van der Waals surface area (Å²) >= 11 is 1.21. The number of nitrogens with one attached hydrogen (secondary N) is 1. The molecule has 0 bridgehead atoms. The lowest BCUT2D eigenvalue weighted by Crippen LogP contribution is -2.32. The van der Waals surface area contributed by atoms with E-state index in [1.807, 2.05) is 0 Å². The minimum Gasteiger partial charge on any atom is -0.461 e. The molecule has 1 atom stereocenters. The second-order valence-corrected chi connectivity index (χ2v) is 6.89. The molecule has 0 aliphatic rings. The molecule has 26 heavy (non-hydrogen) atoms. The summed E-state index contributed by atoms with van der Waals surface area (Å²) in [4.78, 5) is 12.2. The molecule has 7 nitrogen and oxygen atoms in total. The Morgan fingerprint density at radius 3 is 2.81 bits per heavy atom. The van der Waals surface area contributed by atoms with E-state index in [1.54, 1.807) is 31.2 Å². The highest BCUT2D eigenvalue weighted by Gasteiger charge is 2.20. The van der Waals surface area contributed by atoms with Gasteiger partial charge in [0, 0.05) is 6.54 Å². The van der Waals surface area contributed by atoms with Crippen molar-refractivity contribution in [3.05, 3.63) is 54.0 Å². The van der Waals surface area contributed by atoms with Crippen LogP contribution in [0.4, 0.5) is 4.39 Å². The fourth-order valence-electron chi connectivity index (χ4n) is 2.27. The molecule has 0 unspecified atom stereocenters. The van der Waals surface area contributed by atoms with Crippen molar-refractivity contribution in [1.29, 1.82) is 0 Å². The molecule has 2 aromatic heterocycles. The predicted octanol–water partition coefficient (Wildman–Crippen LogP) is 2.23. The summed E-state index contributed by atoms with van der Waals surface area (Å²) in [5.74, 6) is 6.46. The van der Waals surface area contributed by atoms with Gasteiger partial charge in [-0.05, 0) is 43.2 Å². The third kappa shape index (κ3) is 4.23. The minimum atomic E-state index is -0.404. The van der Waals surface area contributed by atoms with Gasteiger partial charge in [0.25, 0.3) is 0 Å². The second kappa shape index (κ2) is 8.05. The molecule has 3 N–H and O–H groups in total. The zero-order chi connectivity index (χ0) is 18.5. The molecule has 1 amide bonds. The van der Waals surface area contributed by atoms with Crippen molar-refractivity contribution < 1.29 is 13.6 Å². The van der Waals surface area contributed by atoms with Gasteiger partial charge in [0.15, 0.2) is 5.76 Å². The first kappa shape index (κ1) is 18.0. The summed E-state index contributed by atoms with van der Waals surface area (Å²) in [6.07, 6.45) is 2.15. The van der Waals surface area contributed by atoms with E-state index in [4.69, 9.17) is 10.3 Å². The van der Waals surface area contributed by atoms with Crippen LogP contribution in [0.2, 0.25) is 0 Å². The van der Waals surface area contributed by atoms with Crippen LogP contribution in [0.25, 0.3) is 11.6 Å². The van der Waals surface area contributed by atoms with Gasteiger partial charge < -0.3 is 15.6 Å². The van der Waals surface area contributed by atoms with Crippen LogP contribution in [0.1, 0.15) is 12.5 Å². The smallest absolute Gasteiger partial charge is 0.233 e. The highest BCUT2D eigenvalue weighted by atomic mass is 32.2. The number of rotatable bonds is 7. The molecule has 0 aliphatic heterocycles. The van der Waals surface area contributed by atoms with Crippen molar-refractivity contribution in [1.82, 2.24) is 20.2 Å². The van der Waals surface area contributed by atoms with Crippen LogP contribution >= 0.6 is 11.8 Å². The van der Waals surface area contributed by atoms with Crippen molar-refractivity contribution in [3.63, 3.8) is 0 Å². The minimum absolute atomic E-state index is 0.139. The van der Waals surface area contributed by atoms with E-state index in [-0.39, 0.29) is 11.7 Å². The SMILES string of the molecule is C[C@H](Sc1nnc(-c2ccco2)n1N)C(=O)NCCc1ccc(F)cc1. The predicted molar refractivity (Wildman–Crippen MR) is 96.3 cm³/mol. The fourth-order valence-corrected chi connectivity index (χ4v) is 3.06. The maximum absolute atomic E-state index is 12.9. The lowest BCUT2D eigenvalue weighted by atomic mass is 10.1. The highest BCUT2D eigenvalue weighted by Crippen LogP contribution is 2.24. The average Bonchev–Trinajstić information content (AvgIpc) is 3.27. The third-order valence-electron chi connectivity index (χ3n) is 3.68. The number of nitrogens with two attached hydrogens (primary N) is 1. The molecule has 3 aromatic rings. The first-order valence-corrected chi connectivity index (χ1v) is 8.85. The number of furan rings is 1. The first-order chi connectivity index (χ1) is 12.5. The number of benzene rings is 1.